The van der Waals surface area contributed by atoms with Gasteiger partial charge in [-0.3, -0.25) is 4.79 Å². The van der Waals surface area contributed by atoms with Gasteiger partial charge in [-0.15, -0.1) is 23.7 Å². The molecule has 104 valence electrons. The third-order valence-corrected chi connectivity index (χ3v) is 3.95. The summed E-state index contributed by atoms with van der Waals surface area (Å²) in [5.41, 5.74) is 5.81. The van der Waals surface area contributed by atoms with Gasteiger partial charge in [-0.2, -0.15) is 0 Å². The predicted octanol–water partition coefficient (Wildman–Crippen LogP) is 2.43. The number of hydrogen-bond donors (Lipinski definition) is 2. The van der Waals surface area contributed by atoms with Crippen LogP contribution in [0, 0.1) is 0 Å². The van der Waals surface area contributed by atoms with Crippen LogP contribution in [-0.2, 0) is 0 Å². The third kappa shape index (κ3) is 4.48. The lowest BCUT2D eigenvalue weighted by Gasteiger charge is -2.26. The maximum absolute atomic E-state index is 11.8. The molecule has 0 atom stereocenters. The van der Waals surface area contributed by atoms with Gasteiger partial charge in [0, 0.05) is 23.5 Å². The summed E-state index contributed by atoms with van der Waals surface area (Å²) >= 11 is 1.37. The monoisotopic (exact) mass is 292 g/mol. The molecule has 0 aliphatic rings. The molecule has 0 bridgehead atoms. The summed E-state index contributed by atoms with van der Waals surface area (Å²) in [7, 11) is 1.59. The van der Waals surface area contributed by atoms with Gasteiger partial charge in [-0.05, 0) is 12.8 Å². The number of amides is 1. The average Bonchev–Trinajstić information content (AvgIpc) is 2.84. The smallest absolute Gasteiger partial charge is 0.261 e. The van der Waals surface area contributed by atoms with Crippen LogP contribution in [0.25, 0.3) is 0 Å². The molecule has 0 aliphatic heterocycles. The molecular weight excluding hydrogens is 272 g/mol. The van der Waals surface area contributed by atoms with Crippen molar-refractivity contribution in [2.45, 2.75) is 32.2 Å². The van der Waals surface area contributed by atoms with Crippen molar-refractivity contribution in [3.63, 3.8) is 0 Å². The van der Waals surface area contributed by atoms with E-state index in [4.69, 9.17) is 10.5 Å². The minimum Gasteiger partial charge on any atom is -0.496 e. The highest BCUT2D eigenvalue weighted by molar-refractivity contribution is 7.12. The van der Waals surface area contributed by atoms with E-state index in [2.05, 4.69) is 5.32 Å². The van der Waals surface area contributed by atoms with Gasteiger partial charge in [-0.25, -0.2) is 0 Å². The standard InChI is InChI=1S/C12H20N2O2S.ClH/c1-4-12(13,5-2)8-14-11(15)10-6-9(16-3)7-17-10;/h6-7H,4-5,8,13H2,1-3H3,(H,14,15);1H. The fourth-order valence-corrected chi connectivity index (χ4v) is 2.16. The van der Waals surface area contributed by atoms with E-state index in [0.29, 0.717) is 17.2 Å². The van der Waals surface area contributed by atoms with Crippen LogP contribution in [0.1, 0.15) is 36.4 Å². The molecule has 4 nitrogen and oxygen atoms in total. The van der Waals surface area contributed by atoms with Gasteiger partial charge in [0.1, 0.15) is 5.75 Å². The Kier molecular flexibility index (Phi) is 7.28. The molecule has 1 rings (SSSR count). The third-order valence-electron chi connectivity index (χ3n) is 3.04. The van der Waals surface area contributed by atoms with Crippen LogP contribution in [0.15, 0.2) is 11.4 Å². The van der Waals surface area contributed by atoms with E-state index in [1.165, 1.54) is 11.3 Å². The van der Waals surface area contributed by atoms with Gasteiger partial charge >= 0.3 is 0 Å². The van der Waals surface area contributed by atoms with Crippen LogP contribution in [0.4, 0.5) is 0 Å². The molecule has 0 radical (unpaired) electrons. The summed E-state index contributed by atoms with van der Waals surface area (Å²) in [6.07, 6.45) is 1.69. The highest BCUT2D eigenvalue weighted by Gasteiger charge is 2.21. The largest absolute Gasteiger partial charge is 0.496 e. The van der Waals surface area contributed by atoms with E-state index in [1.54, 1.807) is 13.2 Å². The quantitative estimate of drug-likeness (QED) is 0.846. The molecule has 0 saturated heterocycles. The molecule has 6 heteroatoms. The Bertz CT molecular complexity index is 378. The highest BCUT2D eigenvalue weighted by atomic mass is 35.5. The van der Waals surface area contributed by atoms with Gasteiger partial charge in [0.05, 0.1) is 12.0 Å². The Morgan fingerprint density at radius 3 is 2.56 bits per heavy atom. The summed E-state index contributed by atoms with van der Waals surface area (Å²) in [6, 6.07) is 1.73. The Morgan fingerprint density at radius 2 is 2.11 bits per heavy atom. The van der Waals surface area contributed by atoms with Crippen molar-refractivity contribution in [2.75, 3.05) is 13.7 Å². The zero-order chi connectivity index (χ0) is 12.9. The first-order chi connectivity index (χ1) is 8.04. The van der Waals surface area contributed by atoms with Gasteiger partial charge in [0.15, 0.2) is 0 Å². The van der Waals surface area contributed by atoms with Crippen LogP contribution >= 0.6 is 23.7 Å². The summed E-state index contributed by atoms with van der Waals surface area (Å²) < 4.78 is 5.04. The minimum absolute atomic E-state index is 0. The number of carbonyl (C=O) groups excluding carboxylic acids is 1. The SMILES string of the molecule is CCC(N)(CC)CNC(=O)c1cc(OC)cs1.Cl. The van der Waals surface area contributed by atoms with Crippen molar-refractivity contribution in [1.29, 1.82) is 0 Å². The lowest BCUT2D eigenvalue weighted by molar-refractivity contribution is 0.0946. The molecule has 0 aromatic carbocycles. The first-order valence-electron chi connectivity index (χ1n) is 5.74. The van der Waals surface area contributed by atoms with Crippen LogP contribution < -0.4 is 15.8 Å². The van der Waals surface area contributed by atoms with E-state index in [1.807, 2.05) is 19.2 Å². The molecule has 1 aromatic rings. The van der Waals surface area contributed by atoms with Crippen molar-refractivity contribution in [1.82, 2.24) is 5.32 Å². The molecule has 0 spiro atoms. The lowest BCUT2D eigenvalue weighted by atomic mass is 9.94. The van der Waals surface area contributed by atoms with Crippen molar-refractivity contribution in [2.24, 2.45) is 5.73 Å². The number of ether oxygens (including phenoxy) is 1. The molecule has 0 aliphatic carbocycles. The van der Waals surface area contributed by atoms with Crippen molar-refractivity contribution < 1.29 is 9.53 Å². The summed E-state index contributed by atoms with van der Waals surface area (Å²) in [4.78, 5) is 12.5. The summed E-state index contributed by atoms with van der Waals surface area (Å²) in [5.74, 6) is 0.625. The molecule has 3 N–H and O–H groups in total. The van der Waals surface area contributed by atoms with Crippen LogP contribution in [0.5, 0.6) is 5.75 Å². The Hall–Kier alpha value is -0.780. The average molecular weight is 293 g/mol. The van der Waals surface area contributed by atoms with Crippen LogP contribution in [0.3, 0.4) is 0 Å². The van der Waals surface area contributed by atoms with Gasteiger partial charge < -0.3 is 15.8 Å². The number of methoxy groups -OCH3 is 1. The van der Waals surface area contributed by atoms with Crippen LogP contribution in [-0.4, -0.2) is 25.1 Å². The number of thiophene rings is 1. The van der Waals surface area contributed by atoms with E-state index < -0.39 is 0 Å². The second kappa shape index (κ2) is 7.61. The number of carbonyl (C=O) groups is 1. The number of nitrogens with one attached hydrogen (secondary N) is 1. The zero-order valence-corrected chi connectivity index (χ0v) is 12.6. The van der Waals surface area contributed by atoms with Gasteiger partial charge in [-0.1, -0.05) is 13.8 Å². The molecular formula is C12H21ClN2O2S. The van der Waals surface area contributed by atoms with E-state index in [-0.39, 0.29) is 23.9 Å². The first-order valence-corrected chi connectivity index (χ1v) is 6.62. The molecule has 1 aromatic heterocycles. The van der Waals surface area contributed by atoms with E-state index in [9.17, 15) is 4.79 Å². The second-order valence-corrected chi connectivity index (χ2v) is 5.01. The Labute approximate surface area is 118 Å². The Balaban J connectivity index is 0.00000289. The summed E-state index contributed by atoms with van der Waals surface area (Å²) in [5, 5.41) is 4.68. The molecule has 0 unspecified atom stereocenters. The first kappa shape index (κ1) is 17.2. The number of hydrogen-bond acceptors (Lipinski definition) is 4. The van der Waals surface area contributed by atoms with Crippen molar-refractivity contribution in [3.05, 3.63) is 16.3 Å². The molecule has 0 fully saturated rings. The number of rotatable bonds is 6. The minimum atomic E-state index is -0.309. The maximum atomic E-state index is 11.8. The fourth-order valence-electron chi connectivity index (χ4n) is 1.39. The van der Waals surface area contributed by atoms with Crippen molar-refractivity contribution >= 4 is 29.7 Å². The maximum Gasteiger partial charge on any atom is 0.261 e. The molecule has 1 amide bonds. The van der Waals surface area contributed by atoms with E-state index >= 15 is 0 Å². The molecule has 0 saturated carbocycles. The van der Waals surface area contributed by atoms with Gasteiger partial charge in [0.2, 0.25) is 0 Å². The van der Waals surface area contributed by atoms with Gasteiger partial charge in [0.25, 0.3) is 5.91 Å². The van der Waals surface area contributed by atoms with Crippen LogP contribution in [0.2, 0.25) is 0 Å². The molecule has 1 heterocycles. The normalized spacial score (nSPS) is 10.7. The van der Waals surface area contributed by atoms with Crippen molar-refractivity contribution in [3.8, 4) is 5.75 Å². The number of nitrogens with two attached hydrogens (primary N) is 1. The highest BCUT2D eigenvalue weighted by Crippen LogP contribution is 2.21. The van der Waals surface area contributed by atoms with E-state index in [0.717, 1.165) is 12.8 Å². The fraction of sp³-hybridized carbons (Fsp3) is 0.583. The summed E-state index contributed by atoms with van der Waals surface area (Å²) in [6.45, 7) is 4.56. The molecule has 18 heavy (non-hydrogen) atoms. The second-order valence-electron chi connectivity index (χ2n) is 4.10. The zero-order valence-electron chi connectivity index (χ0n) is 11.0. The predicted molar refractivity (Wildman–Crippen MR) is 78.0 cm³/mol. The number of halogens is 1. The lowest BCUT2D eigenvalue weighted by Crippen LogP contribution is -2.49. The Morgan fingerprint density at radius 1 is 1.50 bits per heavy atom. The topological polar surface area (TPSA) is 64.3 Å².